The van der Waals surface area contributed by atoms with E-state index in [0.29, 0.717) is 24.6 Å². The third kappa shape index (κ3) is 5.81. The summed E-state index contributed by atoms with van der Waals surface area (Å²) in [6.45, 7) is 3.99. The summed E-state index contributed by atoms with van der Waals surface area (Å²) in [4.78, 5) is 5.49. The highest BCUT2D eigenvalue weighted by Crippen LogP contribution is 2.22. The molecule has 0 spiro atoms. The number of nitrogens with zero attached hydrogens (tertiary/aromatic N) is 2. The van der Waals surface area contributed by atoms with Crippen molar-refractivity contribution in [2.24, 2.45) is 0 Å². The van der Waals surface area contributed by atoms with E-state index in [1.54, 1.807) is 18.2 Å². The zero-order chi connectivity index (χ0) is 14.3. The van der Waals surface area contributed by atoms with Gasteiger partial charge in [-0.2, -0.15) is 13.2 Å². The molecule has 0 saturated carbocycles. The van der Waals surface area contributed by atoms with Crippen LogP contribution in [0.1, 0.15) is 26.7 Å². The van der Waals surface area contributed by atoms with E-state index >= 15 is 0 Å². The highest BCUT2D eigenvalue weighted by Gasteiger charge is 2.31. The molecule has 0 bridgehead atoms. The predicted octanol–water partition coefficient (Wildman–Crippen LogP) is 3.68. The molecule has 0 unspecified atom stereocenters. The Labute approximate surface area is 111 Å². The van der Waals surface area contributed by atoms with Crippen molar-refractivity contribution in [3.05, 3.63) is 18.2 Å². The van der Waals surface area contributed by atoms with Crippen molar-refractivity contribution < 1.29 is 13.2 Å². The highest BCUT2D eigenvalue weighted by atomic mass is 19.4. The lowest BCUT2D eigenvalue weighted by molar-refractivity contribution is -0.119. The maximum atomic E-state index is 12.5. The van der Waals surface area contributed by atoms with E-state index in [4.69, 9.17) is 0 Å². The first-order chi connectivity index (χ1) is 8.96. The molecule has 0 atom stereocenters. The Kier molecular flexibility index (Phi) is 5.92. The van der Waals surface area contributed by atoms with Gasteiger partial charge in [0.1, 0.15) is 18.2 Å². The Morgan fingerprint density at radius 3 is 2.53 bits per heavy atom. The monoisotopic (exact) mass is 275 g/mol. The van der Waals surface area contributed by atoms with Gasteiger partial charge in [0, 0.05) is 13.1 Å². The number of nitrogens with one attached hydrogen (secondary N) is 1. The summed E-state index contributed by atoms with van der Waals surface area (Å²) in [6, 6.07) is 5.09. The van der Waals surface area contributed by atoms with E-state index in [1.807, 2.05) is 13.8 Å². The van der Waals surface area contributed by atoms with Crippen LogP contribution in [-0.2, 0) is 0 Å². The Bertz CT molecular complexity index is 380. The molecule has 19 heavy (non-hydrogen) atoms. The molecule has 0 fully saturated rings. The average Bonchev–Trinajstić information content (AvgIpc) is 2.35. The molecule has 0 radical (unpaired) electrons. The maximum absolute atomic E-state index is 12.5. The number of rotatable bonds is 7. The van der Waals surface area contributed by atoms with Crippen LogP contribution in [0.4, 0.5) is 24.8 Å². The smallest absolute Gasteiger partial charge is 0.370 e. The van der Waals surface area contributed by atoms with Crippen LogP contribution in [0.25, 0.3) is 0 Å². The molecule has 1 N–H and O–H groups in total. The molecule has 3 nitrogen and oxygen atoms in total. The summed E-state index contributed by atoms with van der Waals surface area (Å²) in [5.41, 5.74) is 0. The molecule has 1 aromatic rings. The fourth-order valence-electron chi connectivity index (χ4n) is 1.71. The molecule has 1 rings (SSSR count). The van der Waals surface area contributed by atoms with E-state index in [-0.39, 0.29) is 0 Å². The second-order valence-electron chi connectivity index (χ2n) is 4.34. The van der Waals surface area contributed by atoms with Crippen molar-refractivity contribution >= 4 is 11.6 Å². The molecule has 0 amide bonds. The molecule has 0 saturated heterocycles. The van der Waals surface area contributed by atoms with Crippen molar-refractivity contribution in [3.63, 3.8) is 0 Å². The quantitative estimate of drug-likeness (QED) is 0.822. The Morgan fingerprint density at radius 2 is 1.95 bits per heavy atom. The summed E-state index contributed by atoms with van der Waals surface area (Å²) in [5, 5.41) is 3.08. The van der Waals surface area contributed by atoms with Gasteiger partial charge in [-0.1, -0.05) is 19.9 Å². The maximum Gasteiger partial charge on any atom is 0.405 e. The van der Waals surface area contributed by atoms with E-state index in [0.717, 1.165) is 13.0 Å². The lowest BCUT2D eigenvalue weighted by atomic mass is 10.3. The highest BCUT2D eigenvalue weighted by molar-refractivity contribution is 5.47. The third-order valence-electron chi connectivity index (χ3n) is 2.48. The van der Waals surface area contributed by atoms with Crippen LogP contribution in [0.3, 0.4) is 0 Å². The molecular weight excluding hydrogens is 255 g/mol. The minimum atomic E-state index is -4.22. The molecular formula is C13H20F3N3. The minimum absolute atomic E-state index is 0.337. The number of anilines is 2. The first kappa shape index (κ1) is 15.6. The molecule has 0 aromatic carbocycles. The van der Waals surface area contributed by atoms with Gasteiger partial charge >= 0.3 is 6.18 Å². The zero-order valence-corrected chi connectivity index (χ0v) is 11.3. The van der Waals surface area contributed by atoms with Crippen LogP contribution in [0.5, 0.6) is 0 Å². The largest absolute Gasteiger partial charge is 0.405 e. The predicted molar refractivity (Wildman–Crippen MR) is 71.6 cm³/mol. The van der Waals surface area contributed by atoms with Gasteiger partial charge in [0.05, 0.1) is 0 Å². The standard InChI is InChI=1S/C13H20F3N3/c1-3-8-17-11-6-5-7-12(18-11)19(9-4-2)10-13(14,15)16/h5-7H,3-4,8-10H2,1-2H3,(H,17,18). The number of hydrogen-bond donors (Lipinski definition) is 1. The second-order valence-corrected chi connectivity index (χ2v) is 4.34. The van der Waals surface area contributed by atoms with Crippen LogP contribution in [0.2, 0.25) is 0 Å². The Hall–Kier alpha value is -1.46. The fourth-order valence-corrected chi connectivity index (χ4v) is 1.71. The molecule has 0 aliphatic heterocycles. The van der Waals surface area contributed by atoms with E-state index in [9.17, 15) is 13.2 Å². The number of hydrogen-bond acceptors (Lipinski definition) is 3. The first-order valence-electron chi connectivity index (χ1n) is 6.49. The number of halogens is 3. The SMILES string of the molecule is CCCNc1cccc(N(CCC)CC(F)(F)F)n1. The van der Waals surface area contributed by atoms with Crippen molar-refractivity contribution in [1.82, 2.24) is 4.98 Å². The van der Waals surface area contributed by atoms with Gasteiger partial charge < -0.3 is 10.2 Å². The van der Waals surface area contributed by atoms with Crippen molar-refractivity contribution in [1.29, 1.82) is 0 Å². The lowest BCUT2D eigenvalue weighted by Crippen LogP contribution is -2.35. The van der Waals surface area contributed by atoms with Gasteiger partial charge in [0.25, 0.3) is 0 Å². The zero-order valence-electron chi connectivity index (χ0n) is 11.3. The van der Waals surface area contributed by atoms with E-state index < -0.39 is 12.7 Å². The third-order valence-corrected chi connectivity index (χ3v) is 2.48. The second kappa shape index (κ2) is 7.21. The van der Waals surface area contributed by atoms with Crippen LogP contribution in [0, 0.1) is 0 Å². The molecule has 0 aliphatic carbocycles. The van der Waals surface area contributed by atoms with Gasteiger partial charge in [-0.25, -0.2) is 4.98 Å². The van der Waals surface area contributed by atoms with Gasteiger partial charge in [-0.3, -0.25) is 0 Å². The summed E-state index contributed by atoms with van der Waals surface area (Å²) < 4.78 is 37.6. The van der Waals surface area contributed by atoms with Crippen molar-refractivity contribution in [3.8, 4) is 0 Å². The van der Waals surface area contributed by atoms with Gasteiger partial charge in [0.2, 0.25) is 0 Å². The topological polar surface area (TPSA) is 28.2 Å². The molecule has 1 heterocycles. The fraction of sp³-hybridized carbons (Fsp3) is 0.615. The van der Waals surface area contributed by atoms with E-state index in [1.165, 1.54) is 4.90 Å². The molecule has 6 heteroatoms. The van der Waals surface area contributed by atoms with Crippen LogP contribution in [-0.4, -0.2) is 30.8 Å². The molecule has 0 aliphatic rings. The van der Waals surface area contributed by atoms with Gasteiger partial charge in [-0.15, -0.1) is 0 Å². The number of aromatic nitrogens is 1. The van der Waals surface area contributed by atoms with Crippen LogP contribution in [0.15, 0.2) is 18.2 Å². The molecule has 1 aromatic heterocycles. The average molecular weight is 275 g/mol. The summed E-state index contributed by atoms with van der Waals surface area (Å²) in [6.07, 6.45) is -2.64. The Balaban J connectivity index is 2.83. The summed E-state index contributed by atoms with van der Waals surface area (Å²) in [5.74, 6) is 0.975. The van der Waals surface area contributed by atoms with Gasteiger partial charge in [-0.05, 0) is 25.0 Å². The van der Waals surface area contributed by atoms with Crippen LogP contribution < -0.4 is 10.2 Å². The van der Waals surface area contributed by atoms with Crippen molar-refractivity contribution in [2.45, 2.75) is 32.9 Å². The summed E-state index contributed by atoms with van der Waals surface area (Å²) in [7, 11) is 0. The number of alkyl halides is 3. The van der Waals surface area contributed by atoms with Crippen molar-refractivity contribution in [2.75, 3.05) is 29.9 Å². The first-order valence-corrected chi connectivity index (χ1v) is 6.49. The summed E-state index contributed by atoms with van der Waals surface area (Å²) >= 11 is 0. The lowest BCUT2D eigenvalue weighted by Gasteiger charge is -2.24. The van der Waals surface area contributed by atoms with Gasteiger partial charge in [0.15, 0.2) is 0 Å². The minimum Gasteiger partial charge on any atom is -0.370 e. The Morgan fingerprint density at radius 1 is 1.21 bits per heavy atom. The normalized spacial score (nSPS) is 11.4. The number of pyridine rings is 1. The van der Waals surface area contributed by atoms with Crippen LogP contribution >= 0.6 is 0 Å². The molecule has 108 valence electrons. The van der Waals surface area contributed by atoms with E-state index in [2.05, 4.69) is 10.3 Å².